The molecule has 0 saturated carbocycles. The van der Waals surface area contributed by atoms with Gasteiger partial charge in [0.05, 0.1) is 24.4 Å². The average Bonchev–Trinajstić information content (AvgIpc) is 3.17. The van der Waals surface area contributed by atoms with Crippen molar-refractivity contribution in [3.63, 3.8) is 0 Å². The summed E-state index contributed by atoms with van der Waals surface area (Å²) >= 11 is 0. The molecule has 54 heavy (non-hydrogen) atoms. The molecule has 1 heterocycles. The standard InChI is InChI=1S/C44H94N6O4/c1-3-5-7-9-11-13-15-17-19-21-39(31-41(51)33-45)23-25-47-35-43(53)37-49-27-29-50(30-28-49)38-44(54)36-48-26-24-40(32-42(52)34-46)22-20-18-16-14-12-10-8-6-4-2/h39-44,47-48,51-54H,3-38,45-46H2,1-2H3. The minimum atomic E-state index is -0.422. The normalized spacial score (nSPS) is 17.8. The predicted molar refractivity (Wildman–Crippen MR) is 230 cm³/mol. The molecule has 0 bridgehead atoms. The lowest BCUT2D eigenvalue weighted by atomic mass is 9.91. The van der Waals surface area contributed by atoms with Gasteiger partial charge in [-0.1, -0.05) is 142 Å². The molecule has 1 fully saturated rings. The van der Waals surface area contributed by atoms with E-state index in [0.717, 1.165) is 77.8 Å². The molecule has 0 spiro atoms. The molecule has 0 aliphatic carbocycles. The number of unbranched alkanes of at least 4 members (excludes halogenated alkanes) is 16. The molecule has 1 rings (SSSR count). The number of aliphatic hydroxyl groups is 4. The largest absolute Gasteiger partial charge is 0.392 e. The van der Waals surface area contributed by atoms with Gasteiger partial charge < -0.3 is 42.5 Å². The van der Waals surface area contributed by atoms with Crippen LogP contribution < -0.4 is 22.1 Å². The molecule has 0 aromatic heterocycles. The van der Waals surface area contributed by atoms with Crippen molar-refractivity contribution in [2.45, 2.75) is 192 Å². The Morgan fingerprint density at radius 1 is 0.444 bits per heavy atom. The van der Waals surface area contributed by atoms with Crippen molar-refractivity contribution in [1.29, 1.82) is 0 Å². The molecule has 0 radical (unpaired) electrons. The highest BCUT2D eigenvalue weighted by Crippen LogP contribution is 2.22. The van der Waals surface area contributed by atoms with Crippen LogP contribution in [0.3, 0.4) is 0 Å². The van der Waals surface area contributed by atoms with E-state index in [4.69, 9.17) is 11.5 Å². The molecular formula is C44H94N6O4. The molecule has 6 unspecified atom stereocenters. The summed E-state index contributed by atoms with van der Waals surface area (Å²) in [5.41, 5.74) is 11.5. The molecule has 0 aromatic rings. The van der Waals surface area contributed by atoms with Gasteiger partial charge in [0.25, 0.3) is 0 Å². The molecule has 1 aliphatic heterocycles. The molecule has 0 aromatic carbocycles. The lowest BCUT2D eigenvalue weighted by Crippen LogP contribution is -2.52. The van der Waals surface area contributed by atoms with E-state index in [1.54, 1.807) is 0 Å². The Bertz CT molecular complexity index is 715. The van der Waals surface area contributed by atoms with Gasteiger partial charge in [-0.05, 0) is 50.6 Å². The van der Waals surface area contributed by atoms with E-state index in [1.165, 1.54) is 116 Å². The fraction of sp³-hybridized carbons (Fsp3) is 1.00. The average molecular weight is 771 g/mol. The predicted octanol–water partition coefficient (Wildman–Crippen LogP) is 5.78. The highest BCUT2D eigenvalue weighted by Gasteiger charge is 2.21. The van der Waals surface area contributed by atoms with Gasteiger partial charge in [0.15, 0.2) is 0 Å². The zero-order valence-corrected chi connectivity index (χ0v) is 35.8. The van der Waals surface area contributed by atoms with Gasteiger partial charge in [-0.25, -0.2) is 0 Å². The molecule has 10 heteroatoms. The van der Waals surface area contributed by atoms with Gasteiger partial charge in [-0.15, -0.1) is 0 Å². The lowest BCUT2D eigenvalue weighted by Gasteiger charge is -2.36. The Balaban J connectivity index is 2.19. The summed E-state index contributed by atoms with van der Waals surface area (Å²) in [7, 11) is 0. The third kappa shape index (κ3) is 30.7. The van der Waals surface area contributed by atoms with Crippen molar-refractivity contribution in [3.05, 3.63) is 0 Å². The van der Waals surface area contributed by atoms with Crippen LogP contribution in [0.25, 0.3) is 0 Å². The monoisotopic (exact) mass is 771 g/mol. The smallest absolute Gasteiger partial charge is 0.0791 e. The van der Waals surface area contributed by atoms with E-state index < -0.39 is 24.4 Å². The van der Waals surface area contributed by atoms with Crippen LogP contribution in [-0.4, -0.2) is 133 Å². The van der Waals surface area contributed by atoms with Crippen LogP contribution in [0.5, 0.6) is 0 Å². The number of nitrogens with two attached hydrogens (primary N) is 2. The molecule has 0 amide bonds. The number of aliphatic hydroxyl groups excluding tert-OH is 4. The van der Waals surface area contributed by atoms with Gasteiger partial charge in [0.1, 0.15) is 0 Å². The van der Waals surface area contributed by atoms with Gasteiger partial charge in [-0.3, -0.25) is 9.80 Å². The van der Waals surface area contributed by atoms with E-state index in [0.29, 0.717) is 51.1 Å². The first kappa shape index (κ1) is 51.6. The SMILES string of the molecule is CCCCCCCCCCCC(CCNCC(O)CN1CCN(CC(O)CNCCC(CCCCCCCCCCC)CC(O)CN)CC1)CC(O)CN. The third-order valence-electron chi connectivity index (χ3n) is 11.8. The summed E-state index contributed by atoms with van der Waals surface area (Å²) in [5.74, 6) is 0.941. The van der Waals surface area contributed by atoms with E-state index in [9.17, 15) is 20.4 Å². The Hall–Kier alpha value is -0.400. The summed E-state index contributed by atoms with van der Waals surface area (Å²) < 4.78 is 0. The molecule has 10 nitrogen and oxygen atoms in total. The van der Waals surface area contributed by atoms with E-state index >= 15 is 0 Å². The second-order valence-corrected chi connectivity index (χ2v) is 17.1. The first-order valence-corrected chi connectivity index (χ1v) is 23.3. The lowest BCUT2D eigenvalue weighted by molar-refractivity contribution is 0.0486. The minimum Gasteiger partial charge on any atom is -0.392 e. The quantitative estimate of drug-likeness (QED) is 0.0359. The maximum Gasteiger partial charge on any atom is 0.0791 e. The van der Waals surface area contributed by atoms with Crippen molar-refractivity contribution in [3.8, 4) is 0 Å². The zero-order chi connectivity index (χ0) is 39.5. The van der Waals surface area contributed by atoms with Crippen LogP contribution in [0.15, 0.2) is 0 Å². The summed E-state index contributed by atoms with van der Waals surface area (Å²) in [6, 6.07) is 0. The van der Waals surface area contributed by atoms with Crippen LogP contribution in [0.1, 0.15) is 168 Å². The number of nitrogens with zero attached hydrogens (tertiary/aromatic N) is 2. The number of piperazine rings is 1. The number of hydrogen-bond acceptors (Lipinski definition) is 10. The van der Waals surface area contributed by atoms with Crippen molar-refractivity contribution < 1.29 is 20.4 Å². The number of nitrogens with one attached hydrogen (secondary N) is 2. The van der Waals surface area contributed by atoms with E-state index in [-0.39, 0.29) is 0 Å². The maximum absolute atomic E-state index is 10.7. The Labute approximate surface area is 334 Å². The van der Waals surface area contributed by atoms with E-state index in [2.05, 4.69) is 34.3 Å². The van der Waals surface area contributed by atoms with Gasteiger partial charge in [-0.2, -0.15) is 0 Å². The second kappa shape index (κ2) is 36.9. The van der Waals surface area contributed by atoms with Crippen molar-refractivity contribution in [2.24, 2.45) is 23.3 Å². The summed E-state index contributed by atoms with van der Waals surface area (Å²) in [4.78, 5) is 4.67. The Kier molecular flexibility index (Phi) is 35.3. The maximum atomic E-state index is 10.7. The van der Waals surface area contributed by atoms with Crippen LogP contribution in [0.2, 0.25) is 0 Å². The second-order valence-electron chi connectivity index (χ2n) is 17.1. The highest BCUT2D eigenvalue weighted by molar-refractivity contribution is 4.78. The molecule has 1 aliphatic rings. The van der Waals surface area contributed by atoms with Crippen molar-refractivity contribution in [2.75, 3.05) is 78.5 Å². The van der Waals surface area contributed by atoms with Gasteiger partial charge in [0, 0.05) is 65.4 Å². The minimum absolute atomic E-state index is 0.325. The summed E-state index contributed by atoms with van der Waals surface area (Å²) in [6.45, 7) is 13.0. The van der Waals surface area contributed by atoms with Gasteiger partial charge in [0.2, 0.25) is 0 Å². The first-order chi connectivity index (χ1) is 26.3. The number of rotatable bonds is 40. The topological polar surface area (TPSA) is 164 Å². The van der Waals surface area contributed by atoms with Crippen molar-refractivity contribution >= 4 is 0 Å². The summed E-state index contributed by atoms with van der Waals surface area (Å²) in [6.07, 6.45) is 28.1. The fourth-order valence-electron chi connectivity index (χ4n) is 8.24. The zero-order valence-electron chi connectivity index (χ0n) is 35.8. The Morgan fingerprint density at radius 2 is 0.759 bits per heavy atom. The third-order valence-corrected chi connectivity index (χ3v) is 11.8. The number of hydrogen-bond donors (Lipinski definition) is 8. The van der Waals surface area contributed by atoms with Crippen LogP contribution in [0, 0.1) is 11.8 Å². The molecular weight excluding hydrogens is 677 g/mol. The first-order valence-electron chi connectivity index (χ1n) is 23.3. The van der Waals surface area contributed by atoms with Crippen LogP contribution in [-0.2, 0) is 0 Å². The molecule has 1 saturated heterocycles. The van der Waals surface area contributed by atoms with Crippen LogP contribution >= 0.6 is 0 Å². The van der Waals surface area contributed by atoms with E-state index in [1.807, 2.05) is 0 Å². The van der Waals surface area contributed by atoms with Crippen LogP contribution in [0.4, 0.5) is 0 Å². The Morgan fingerprint density at radius 3 is 1.07 bits per heavy atom. The van der Waals surface area contributed by atoms with Gasteiger partial charge >= 0.3 is 0 Å². The molecule has 10 N–H and O–H groups in total. The molecule has 6 atom stereocenters. The van der Waals surface area contributed by atoms with Crippen molar-refractivity contribution in [1.82, 2.24) is 20.4 Å². The summed E-state index contributed by atoms with van der Waals surface area (Å²) in [5, 5.41) is 48.9. The highest BCUT2D eigenvalue weighted by atomic mass is 16.3. The fourth-order valence-corrected chi connectivity index (χ4v) is 8.24. The number of β-amino-alcohol motifs (C(OH)–C–C–N with tert-alkyl or cyclic N) is 2. The molecule has 324 valence electrons.